The minimum Gasteiger partial charge on any atom is -0.501 e. The first-order chi connectivity index (χ1) is 5.83. The van der Waals surface area contributed by atoms with E-state index >= 15 is 0 Å². The summed E-state index contributed by atoms with van der Waals surface area (Å²) in [6.07, 6.45) is 6.30. The topological polar surface area (TPSA) is 9.23 Å². The molecule has 2 atom stereocenters. The van der Waals surface area contributed by atoms with Crippen LogP contribution in [0.4, 0.5) is 0 Å². The molecule has 0 saturated carbocycles. The van der Waals surface area contributed by atoms with Gasteiger partial charge in [0.2, 0.25) is 0 Å². The molecule has 1 nitrogen and oxygen atoms in total. The lowest BCUT2D eigenvalue weighted by atomic mass is 9.90. The summed E-state index contributed by atoms with van der Waals surface area (Å²) in [5, 5.41) is 1.94. The highest BCUT2D eigenvalue weighted by atomic mass is 79.9. The SMILES string of the molecule is COC1=CC=CC(CBr)C1CBr. The van der Waals surface area contributed by atoms with Crippen LogP contribution in [0.1, 0.15) is 0 Å². The number of hydrogen-bond donors (Lipinski definition) is 0. The lowest BCUT2D eigenvalue weighted by molar-refractivity contribution is 0.232. The summed E-state index contributed by atoms with van der Waals surface area (Å²) in [7, 11) is 1.73. The molecule has 0 aromatic heterocycles. The fraction of sp³-hybridized carbons (Fsp3) is 0.556. The molecule has 1 aliphatic rings. The monoisotopic (exact) mass is 294 g/mol. The predicted octanol–water partition coefficient (Wildman–Crippen LogP) is 3.11. The van der Waals surface area contributed by atoms with E-state index in [-0.39, 0.29) is 0 Å². The highest BCUT2D eigenvalue weighted by Crippen LogP contribution is 2.29. The molecule has 12 heavy (non-hydrogen) atoms. The molecule has 0 fully saturated rings. The zero-order valence-electron chi connectivity index (χ0n) is 6.97. The Kier molecular flexibility index (Phi) is 4.36. The second-order valence-electron chi connectivity index (χ2n) is 2.74. The summed E-state index contributed by atoms with van der Waals surface area (Å²) in [6.45, 7) is 0. The highest BCUT2D eigenvalue weighted by molar-refractivity contribution is 9.09. The van der Waals surface area contributed by atoms with Gasteiger partial charge in [-0.1, -0.05) is 44.0 Å². The van der Waals surface area contributed by atoms with E-state index in [9.17, 15) is 0 Å². The number of rotatable bonds is 3. The summed E-state index contributed by atoms with van der Waals surface area (Å²) in [4.78, 5) is 0. The quantitative estimate of drug-likeness (QED) is 0.727. The number of halogens is 2. The maximum Gasteiger partial charge on any atom is 0.100 e. The van der Waals surface area contributed by atoms with Crippen molar-refractivity contribution in [1.29, 1.82) is 0 Å². The van der Waals surface area contributed by atoms with Gasteiger partial charge in [0.05, 0.1) is 7.11 Å². The van der Waals surface area contributed by atoms with Gasteiger partial charge in [-0.2, -0.15) is 0 Å². The molecule has 0 spiro atoms. The zero-order chi connectivity index (χ0) is 8.97. The van der Waals surface area contributed by atoms with Crippen molar-refractivity contribution in [3.8, 4) is 0 Å². The molecular weight excluding hydrogens is 284 g/mol. The van der Waals surface area contributed by atoms with Crippen molar-refractivity contribution in [1.82, 2.24) is 0 Å². The van der Waals surface area contributed by atoms with E-state index in [0.717, 1.165) is 16.4 Å². The minimum atomic E-state index is 0.472. The molecular formula is C9H12Br2O. The molecule has 1 rings (SSSR count). The van der Waals surface area contributed by atoms with Gasteiger partial charge >= 0.3 is 0 Å². The van der Waals surface area contributed by atoms with Gasteiger partial charge < -0.3 is 4.74 Å². The van der Waals surface area contributed by atoms with Gasteiger partial charge in [0.1, 0.15) is 5.76 Å². The Morgan fingerprint density at radius 1 is 1.42 bits per heavy atom. The summed E-state index contributed by atoms with van der Waals surface area (Å²) >= 11 is 6.99. The van der Waals surface area contributed by atoms with Gasteiger partial charge in [-0.05, 0) is 12.0 Å². The van der Waals surface area contributed by atoms with E-state index in [1.165, 1.54) is 0 Å². The second kappa shape index (κ2) is 5.07. The van der Waals surface area contributed by atoms with Gasteiger partial charge in [0.15, 0.2) is 0 Å². The Morgan fingerprint density at radius 2 is 2.17 bits per heavy atom. The average Bonchev–Trinajstić information content (AvgIpc) is 2.16. The van der Waals surface area contributed by atoms with Gasteiger partial charge in [-0.3, -0.25) is 0 Å². The molecule has 0 heterocycles. The van der Waals surface area contributed by atoms with Crippen molar-refractivity contribution in [2.75, 3.05) is 17.8 Å². The highest BCUT2D eigenvalue weighted by Gasteiger charge is 2.23. The van der Waals surface area contributed by atoms with Crippen LogP contribution in [-0.4, -0.2) is 17.8 Å². The summed E-state index contributed by atoms with van der Waals surface area (Å²) in [6, 6.07) is 0. The Labute approximate surface area is 90.1 Å². The van der Waals surface area contributed by atoms with Crippen molar-refractivity contribution in [3.05, 3.63) is 24.0 Å². The van der Waals surface area contributed by atoms with Crippen molar-refractivity contribution in [2.24, 2.45) is 11.8 Å². The maximum absolute atomic E-state index is 5.29. The Morgan fingerprint density at radius 3 is 2.67 bits per heavy atom. The fourth-order valence-electron chi connectivity index (χ4n) is 1.33. The molecule has 0 aromatic rings. The maximum atomic E-state index is 5.29. The normalized spacial score (nSPS) is 28.4. The Balaban J connectivity index is 2.73. The number of allylic oxidation sites excluding steroid dienone is 4. The lowest BCUT2D eigenvalue weighted by Crippen LogP contribution is -2.21. The van der Waals surface area contributed by atoms with Gasteiger partial charge in [0, 0.05) is 16.6 Å². The van der Waals surface area contributed by atoms with Crippen LogP contribution >= 0.6 is 31.9 Å². The number of methoxy groups -OCH3 is 1. The molecule has 0 aliphatic heterocycles. The third-order valence-corrected chi connectivity index (χ3v) is 3.53. The van der Waals surface area contributed by atoms with Crippen molar-refractivity contribution >= 4 is 31.9 Å². The van der Waals surface area contributed by atoms with Gasteiger partial charge in [-0.15, -0.1) is 0 Å². The Bertz CT molecular complexity index is 199. The molecule has 0 N–H and O–H groups in total. The van der Waals surface area contributed by atoms with Crippen LogP contribution < -0.4 is 0 Å². The van der Waals surface area contributed by atoms with Crippen molar-refractivity contribution in [3.63, 3.8) is 0 Å². The average molecular weight is 296 g/mol. The molecule has 0 aromatic carbocycles. The lowest BCUT2D eigenvalue weighted by Gasteiger charge is -2.25. The smallest absolute Gasteiger partial charge is 0.100 e. The summed E-state index contributed by atoms with van der Waals surface area (Å²) < 4.78 is 5.29. The van der Waals surface area contributed by atoms with Crippen LogP contribution in [0.25, 0.3) is 0 Å². The standard InChI is InChI=1S/C9H12Br2O/c1-12-9-4-2-3-7(5-10)8(9)6-11/h2-4,7-8H,5-6H2,1H3. The third kappa shape index (κ3) is 2.13. The van der Waals surface area contributed by atoms with E-state index in [1.54, 1.807) is 7.11 Å². The van der Waals surface area contributed by atoms with Crippen LogP contribution in [0, 0.1) is 11.8 Å². The molecule has 68 valence electrons. The largest absolute Gasteiger partial charge is 0.501 e. The first kappa shape index (κ1) is 10.3. The summed E-state index contributed by atoms with van der Waals surface area (Å²) in [5.74, 6) is 2.09. The molecule has 0 radical (unpaired) electrons. The molecule has 0 amide bonds. The summed E-state index contributed by atoms with van der Waals surface area (Å²) in [5.41, 5.74) is 0. The van der Waals surface area contributed by atoms with Gasteiger partial charge in [-0.25, -0.2) is 0 Å². The van der Waals surface area contributed by atoms with E-state index in [4.69, 9.17) is 4.74 Å². The third-order valence-electron chi connectivity index (χ3n) is 2.08. The fourth-order valence-corrected chi connectivity index (χ4v) is 2.80. The van der Waals surface area contributed by atoms with Crippen LogP contribution in [0.3, 0.4) is 0 Å². The number of alkyl halides is 2. The molecule has 2 unspecified atom stereocenters. The van der Waals surface area contributed by atoms with Crippen molar-refractivity contribution in [2.45, 2.75) is 0 Å². The molecule has 1 aliphatic carbocycles. The number of ether oxygens (including phenoxy) is 1. The zero-order valence-corrected chi connectivity index (χ0v) is 10.1. The van der Waals surface area contributed by atoms with E-state index < -0.39 is 0 Å². The molecule has 3 heteroatoms. The Hall–Kier alpha value is 0.240. The second-order valence-corrected chi connectivity index (χ2v) is 4.03. The first-order valence-electron chi connectivity index (χ1n) is 3.87. The van der Waals surface area contributed by atoms with Gasteiger partial charge in [0.25, 0.3) is 0 Å². The van der Waals surface area contributed by atoms with Crippen LogP contribution in [0.15, 0.2) is 24.0 Å². The molecule has 0 bridgehead atoms. The first-order valence-corrected chi connectivity index (χ1v) is 6.12. The van der Waals surface area contributed by atoms with Crippen molar-refractivity contribution < 1.29 is 4.74 Å². The van der Waals surface area contributed by atoms with E-state index in [0.29, 0.717) is 11.8 Å². The van der Waals surface area contributed by atoms with E-state index in [2.05, 4.69) is 44.0 Å². The van der Waals surface area contributed by atoms with Crippen LogP contribution in [-0.2, 0) is 4.74 Å². The molecule has 0 saturated heterocycles. The minimum absolute atomic E-state index is 0.472. The van der Waals surface area contributed by atoms with Crippen LogP contribution in [0.5, 0.6) is 0 Å². The predicted molar refractivity (Wildman–Crippen MR) is 58.8 cm³/mol. The van der Waals surface area contributed by atoms with E-state index in [1.807, 2.05) is 6.08 Å². The van der Waals surface area contributed by atoms with Crippen LogP contribution in [0.2, 0.25) is 0 Å². The number of hydrogen-bond acceptors (Lipinski definition) is 1.